The Kier molecular flexibility index (Phi) is 5.79. The minimum Gasteiger partial charge on any atom is -0.381 e. The van der Waals surface area contributed by atoms with Crippen LogP contribution in [0.2, 0.25) is 0 Å². The third-order valence-electron chi connectivity index (χ3n) is 3.32. The standard InChI is InChI=1S/C13H24N2O/c1-13(15,11-14)8-4-5-9-16-10-12-6-2-3-7-12/h12H,2-10,15H2,1H3. The number of ether oxygens (including phenoxy) is 1. The number of hydrogen-bond acceptors (Lipinski definition) is 3. The second-order valence-electron chi connectivity index (χ2n) is 5.21. The van der Waals surface area contributed by atoms with E-state index in [1.807, 2.05) is 0 Å². The van der Waals surface area contributed by atoms with Gasteiger partial charge in [0.15, 0.2) is 0 Å². The molecule has 0 radical (unpaired) electrons. The van der Waals surface area contributed by atoms with Crippen LogP contribution in [0.5, 0.6) is 0 Å². The van der Waals surface area contributed by atoms with Crippen molar-refractivity contribution < 1.29 is 4.74 Å². The molecule has 0 spiro atoms. The minimum atomic E-state index is -0.661. The van der Waals surface area contributed by atoms with Crippen LogP contribution >= 0.6 is 0 Å². The summed E-state index contributed by atoms with van der Waals surface area (Å²) >= 11 is 0. The highest BCUT2D eigenvalue weighted by atomic mass is 16.5. The summed E-state index contributed by atoms with van der Waals surface area (Å²) in [4.78, 5) is 0. The topological polar surface area (TPSA) is 59.0 Å². The van der Waals surface area contributed by atoms with E-state index in [1.54, 1.807) is 6.92 Å². The zero-order valence-corrected chi connectivity index (χ0v) is 10.4. The van der Waals surface area contributed by atoms with E-state index in [4.69, 9.17) is 15.7 Å². The van der Waals surface area contributed by atoms with Crippen molar-refractivity contribution in [1.29, 1.82) is 5.26 Å². The third kappa shape index (κ3) is 5.48. The summed E-state index contributed by atoms with van der Waals surface area (Å²) < 4.78 is 5.64. The number of nitriles is 1. The summed E-state index contributed by atoms with van der Waals surface area (Å²) in [6, 6.07) is 2.11. The van der Waals surface area contributed by atoms with Crippen molar-refractivity contribution in [3.63, 3.8) is 0 Å². The maximum atomic E-state index is 8.73. The van der Waals surface area contributed by atoms with Gasteiger partial charge < -0.3 is 10.5 Å². The van der Waals surface area contributed by atoms with Crippen LogP contribution in [-0.2, 0) is 4.74 Å². The smallest absolute Gasteiger partial charge is 0.101 e. The summed E-state index contributed by atoms with van der Waals surface area (Å²) in [5, 5.41) is 8.73. The molecular weight excluding hydrogens is 200 g/mol. The van der Waals surface area contributed by atoms with Crippen LogP contribution in [0.25, 0.3) is 0 Å². The van der Waals surface area contributed by atoms with Crippen LogP contribution in [0.3, 0.4) is 0 Å². The van der Waals surface area contributed by atoms with E-state index in [1.165, 1.54) is 25.7 Å². The number of hydrogen-bond donors (Lipinski definition) is 1. The van der Waals surface area contributed by atoms with Crippen molar-refractivity contribution in [3.05, 3.63) is 0 Å². The van der Waals surface area contributed by atoms with Crippen molar-refractivity contribution in [2.24, 2.45) is 11.7 Å². The van der Waals surface area contributed by atoms with Crippen LogP contribution < -0.4 is 5.73 Å². The highest BCUT2D eigenvalue weighted by Crippen LogP contribution is 2.24. The van der Waals surface area contributed by atoms with Crippen molar-refractivity contribution >= 4 is 0 Å². The molecule has 1 atom stereocenters. The van der Waals surface area contributed by atoms with Crippen LogP contribution in [-0.4, -0.2) is 18.8 Å². The van der Waals surface area contributed by atoms with Gasteiger partial charge in [0, 0.05) is 13.2 Å². The Bertz CT molecular complexity index is 227. The summed E-state index contributed by atoms with van der Waals surface area (Å²) in [6.07, 6.45) is 8.19. The predicted octanol–water partition coefficient (Wildman–Crippen LogP) is 2.60. The van der Waals surface area contributed by atoms with Gasteiger partial charge in [0.25, 0.3) is 0 Å². The van der Waals surface area contributed by atoms with Crippen molar-refractivity contribution in [2.45, 2.75) is 57.4 Å². The monoisotopic (exact) mass is 224 g/mol. The molecule has 1 aliphatic carbocycles. The first-order chi connectivity index (χ1) is 7.64. The zero-order valence-electron chi connectivity index (χ0n) is 10.4. The molecule has 0 aromatic rings. The molecule has 1 aliphatic rings. The van der Waals surface area contributed by atoms with Crippen molar-refractivity contribution in [3.8, 4) is 6.07 Å². The molecule has 0 aromatic heterocycles. The molecule has 1 saturated carbocycles. The second kappa shape index (κ2) is 6.88. The lowest BCUT2D eigenvalue weighted by Gasteiger charge is -2.15. The number of nitrogens with zero attached hydrogens (tertiary/aromatic N) is 1. The SMILES string of the molecule is CC(N)(C#N)CCCCOCC1CCCC1. The van der Waals surface area contributed by atoms with E-state index in [9.17, 15) is 0 Å². The van der Waals surface area contributed by atoms with E-state index in [2.05, 4.69) is 6.07 Å². The van der Waals surface area contributed by atoms with Crippen molar-refractivity contribution in [1.82, 2.24) is 0 Å². The lowest BCUT2D eigenvalue weighted by molar-refractivity contribution is 0.0974. The van der Waals surface area contributed by atoms with Gasteiger partial charge in [-0.15, -0.1) is 0 Å². The summed E-state index contributed by atoms with van der Waals surface area (Å²) in [5.74, 6) is 0.805. The van der Waals surface area contributed by atoms with Crippen LogP contribution in [0.15, 0.2) is 0 Å². The normalized spacial score (nSPS) is 20.6. The lowest BCUT2D eigenvalue weighted by Crippen LogP contribution is -2.33. The molecule has 16 heavy (non-hydrogen) atoms. The fourth-order valence-corrected chi connectivity index (χ4v) is 2.18. The van der Waals surface area contributed by atoms with Gasteiger partial charge in [0.2, 0.25) is 0 Å². The predicted molar refractivity (Wildman–Crippen MR) is 64.8 cm³/mol. The average Bonchev–Trinajstić information content (AvgIpc) is 2.76. The molecule has 2 N–H and O–H groups in total. The Morgan fingerprint density at radius 2 is 2.06 bits per heavy atom. The Morgan fingerprint density at radius 1 is 1.38 bits per heavy atom. The van der Waals surface area contributed by atoms with Gasteiger partial charge in [-0.3, -0.25) is 0 Å². The molecule has 0 aliphatic heterocycles. The van der Waals surface area contributed by atoms with Crippen LogP contribution in [0, 0.1) is 17.2 Å². The zero-order chi connectivity index (χ0) is 11.9. The number of rotatable bonds is 7. The van der Waals surface area contributed by atoms with Crippen LogP contribution in [0.1, 0.15) is 51.9 Å². The van der Waals surface area contributed by atoms with Gasteiger partial charge in [-0.25, -0.2) is 0 Å². The molecule has 3 heteroatoms. The van der Waals surface area contributed by atoms with E-state index in [0.717, 1.165) is 38.4 Å². The maximum absolute atomic E-state index is 8.73. The molecule has 3 nitrogen and oxygen atoms in total. The van der Waals surface area contributed by atoms with Crippen molar-refractivity contribution in [2.75, 3.05) is 13.2 Å². The third-order valence-corrected chi connectivity index (χ3v) is 3.32. The Labute approximate surface area is 99.0 Å². The lowest BCUT2D eigenvalue weighted by atomic mass is 9.98. The van der Waals surface area contributed by atoms with Gasteiger partial charge in [-0.05, 0) is 44.9 Å². The Hall–Kier alpha value is -0.590. The van der Waals surface area contributed by atoms with Gasteiger partial charge in [-0.2, -0.15) is 5.26 Å². The first-order valence-electron chi connectivity index (χ1n) is 6.42. The largest absolute Gasteiger partial charge is 0.381 e. The quantitative estimate of drug-likeness (QED) is 0.676. The molecular formula is C13H24N2O. The molecule has 1 unspecified atom stereocenters. The molecule has 0 heterocycles. The molecule has 1 rings (SSSR count). The van der Waals surface area contributed by atoms with Gasteiger partial charge in [0.05, 0.1) is 6.07 Å². The molecule has 0 bridgehead atoms. The van der Waals surface area contributed by atoms with Gasteiger partial charge in [0.1, 0.15) is 5.54 Å². The van der Waals surface area contributed by atoms with Crippen LogP contribution in [0.4, 0.5) is 0 Å². The fraction of sp³-hybridized carbons (Fsp3) is 0.923. The van der Waals surface area contributed by atoms with E-state index in [-0.39, 0.29) is 0 Å². The molecule has 1 fully saturated rings. The van der Waals surface area contributed by atoms with E-state index >= 15 is 0 Å². The molecule has 0 aromatic carbocycles. The Morgan fingerprint density at radius 3 is 2.69 bits per heavy atom. The maximum Gasteiger partial charge on any atom is 0.101 e. The molecule has 92 valence electrons. The second-order valence-corrected chi connectivity index (χ2v) is 5.21. The van der Waals surface area contributed by atoms with Gasteiger partial charge >= 0.3 is 0 Å². The van der Waals surface area contributed by atoms with E-state index < -0.39 is 5.54 Å². The highest BCUT2D eigenvalue weighted by molar-refractivity contribution is 5.00. The minimum absolute atomic E-state index is 0.661. The molecule has 0 amide bonds. The van der Waals surface area contributed by atoms with Gasteiger partial charge in [-0.1, -0.05) is 12.8 Å². The average molecular weight is 224 g/mol. The summed E-state index contributed by atoms with van der Waals surface area (Å²) in [6.45, 7) is 3.53. The summed E-state index contributed by atoms with van der Waals surface area (Å²) in [7, 11) is 0. The Balaban J connectivity index is 1.90. The molecule has 0 saturated heterocycles. The van der Waals surface area contributed by atoms with E-state index in [0.29, 0.717) is 0 Å². The first-order valence-corrected chi connectivity index (χ1v) is 6.42. The summed E-state index contributed by atoms with van der Waals surface area (Å²) in [5.41, 5.74) is 5.07. The fourth-order valence-electron chi connectivity index (χ4n) is 2.18. The first kappa shape index (κ1) is 13.5. The number of nitrogens with two attached hydrogens (primary N) is 1. The number of unbranched alkanes of at least 4 members (excludes halogenated alkanes) is 1. The highest BCUT2D eigenvalue weighted by Gasteiger charge is 2.16.